The molecular weight excluding hydrogens is 174 g/mol. The van der Waals surface area contributed by atoms with Crippen LogP contribution >= 0.6 is 0 Å². The molecular formula is C12H19NO. The van der Waals surface area contributed by atoms with Crippen molar-refractivity contribution in [3.8, 4) is 0 Å². The van der Waals surface area contributed by atoms with Gasteiger partial charge in [0.25, 0.3) is 0 Å². The van der Waals surface area contributed by atoms with Crippen LogP contribution in [-0.2, 0) is 11.3 Å². The van der Waals surface area contributed by atoms with Crippen LogP contribution < -0.4 is 0 Å². The molecule has 0 amide bonds. The Morgan fingerprint density at radius 2 is 2.21 bits per heavy atom. The lowest BCUT2D eigenvalue weighted by molar-refractivity contribution is 0.0636. The predicted molar refractivity (Wildman–Crippen MR) is 58.1 cm³/mol. The number of hydrogen-bond donors (Lipinski definition) is 0. The molecule has 0 radical (unpaired) electrons. The fourth-order valence-electron chi connectivity index (χ4n) is 1.65. The van der Waals surface area contributed by atoms with Crippen LogP contribution in [0.4, 0.5) is 0 Å². The molecule has 0 saturated carbocycles. The van der Waals surface area contributed by atoms with E-state index in [-0.39, 0.29) is 0 Å². The summed E-state index contributed by atoms with van der Waals surface area (Å²) in [7, 11) is 0. The van der Waals surface area contributed by atoms with Crippen LogP contribution in [0.15, 0.2) is 12.3 Å². The lowest BCUT2D eigenvalue weighted by Gasteiger charge is -2.06. The van der Waals surface area contributed by atoms with Gasteiger partial charge in [0.05, 0.1) is 12.7 Å². The number of pyridine rings is 1. The molecule has 2 heteroatoms. The van der Waals surface area contributed by atoms with Crippen molar-refractivity contribution in [2.75, 3.05) is 0 Å². The van der Waals surface area contributed by atoms with Crippen molar-refractivity contribution in [2.45, 2.75) is 46.8 Å². The SMILES string of the molecule is CC.CCC1OCc2cnc(C)cc21. The summed E-state index contributed by atoms with van der Waals surface area (Å²) in [6, 6.07) is 2.14. The molecule has 0 N–H and O–H groups in total. The number of aryl methyl sites for hydroxylation is 1. The monoisotopic (exact) mass is 193 g/mol. The van der Waals surface area contributed by atoms with Gasteiger partial charge >= 0.3 is 0 Å². The van der Waals surface area contributed by atoms with E-state index in [0.717, 1.165) is 18.7 Å². The summed E-state index contributed by atoms with van der Waals surface area (Å²) in [6.07, 6.45) is 3.29. The Morgan fingerprint density at radius 3 is 2.86 bits per heavy atom. The summed E-state index contributed by atoms with van der Waals surface area (Å²) in [4.78, 5) is 4.24. The third-order valence-corrected chi connectivity index (χ3v) is 2.32. The van der Waals surface area contributed by atoms with E-state index in [9.17, 15) is 0 Å². The molecule has 1 atom stereocenters. The number of fused-ring (bicyclic) bond motifs is 1. The van der Waals surface area contributed by atoms with Crippen molar-refractivity contribution < 1.29 is 4.74 Å². The zero-order chi connectivity index (χ0) is 10.6. The molecule has 0 aliphatic carbocycles. The highest BCUT2D eigenvalue weighted by atomic mass is 16.5. The maximum atomic E-state index is 5.59. The first-order chi connectivity index (χ1) is 6.81. The number of rotatable bonds is 1. The van der Waals surface area contributed by atoms with Gasteiger partial charge in [-0.05, 0) is 25.0 Å². The summed E-state index contributed by atoms with van der Waals surface area (Å²) in [5, 5.41) is 0. The molecule has 2 nitrogen and oxygen atoms in total. The van der Waals surface area contributed by atoms with Crippen molar-refractivity contribution in [3.63, 3.8) is 0 Å². The van der Waals surface area contributed by atoms with Gasteiger partial charge < -0.3 is 4.74 Å². The van der Waals surface area contributed by atoms with Gasteiger partial charge in [-0.1, -0.05) is 20.8 Å². The van der Waals surface area contributed by atoms with Crippen molar-refractivity contribution >= 4 is 0 Å². The summed E-state index contributed by atoms with van der Waals surface area (Å²) in [6.45, 7) is 8.90. The molecule has 2 heterocycles. The quantitative estimate of drug-likeness (QED) is 0.682. The molecule has 1 aliphatic heterocycles. The van der Waals surface area contributed by atoms with E-state index in [4.69, 9.17) is 4.74 Å². The first kappa shape index (κ1) is 11.2. The highest BCUT2D eigenvalue weighted by Crippen LogP contribution is 2.32. The summed E-state index contributed by atoms with van der Waals surface area (Å²) in [5.74, 6) is 0. The molecule has 1 aliphatic rings. The molecule has 0 saturated heterocycles. The van der Waals surface area contributed by atoms with E-state index in [1.54, 1.807) is 0 Å². The first-order valence-corrected chi connectivity index (χ1v) is 5.38. The molecule has 1 aromatic rings. The van der Waals surface area contributed by atoms with Gasteiger partial charge in [-0.25, -0.2) is 0 Å². The number of aromatic nitrogens is 1. The summed E-state index contributed by atoms with van der Waals surface area (Å²) >= 11 is 0. The normalized spacial score (nSPS) is 18.4. The molecule has 0 bridgehead atoms. The van der Waals surface area contributed by atoms with Crippen molar-refractivity contribution in [3.05, 3.63) is 29.1 Å². The fourth-order valence-corrected chi connectivity index (χ4v) is 1.65. The average molecular weight is 193 g/mol. The Labute approximate surface area is 86.3 Å². The minimum Gasteiger partial charge on any atom is -0.369 e. The van der Waals surface area contributed by atoms with Gasteiger partial charge in [0.15, 0.2) is 0 Å². The van der Waals surface area contributed by atoms with Crippen LogP contribution in [-0.4, -0.2) is 4.98 Å². The molecule has 78 valence electrons. The largest absolute Gasteiger partial charge is 0.369 e. The van der Waals surface area contributed by atoms with E-state index in [2.05, 4.69) is 18.0 Å². The van der Waals surface area contributed by atoms with E-state index in [1.165, 1.54) is 11.1 Å². The Hall–Kier alpha value is -0.890. The van der Waals surface area contributed by atoms with Crippen LogP contribution in [0.3, 0.4) is 0 Å². The second kappa shape index (κ2) is 5.11. The standard InChI is InChI=1S/C10H13NO.C2H6/c1-3-10-9-4-7(2)11-5-8(9)6-12-10;1-2/h4-5,10H,3,6H2,1-2H3;1-2H3. The second-order valence-corrected chi connectivity index (χ2v) is 3.23. The lowest BCUT2D eigenvalue weighted by Crippen LogP contribution is -1.94. The number of ether oxygens (including phenoxy) is 1. The Balaban J connectivity index is 0.000000461. The molecule has 2 rings (SSSR count). The zero-order valence-corrected chi connectivity index (χ0v) is 9.50. The maximum absolute atomic E-state index is 5.59. The third-order valence-electron chi connectivity index (χ3n) is 2.32. The van der Waals surface area contributed by atoms with E-state index >= 15 is 0 Å². The topological polar surface area (TPSA) is 22.1 Å². The fraction of sp³-hybridized carbons (Fsp3) is 0.583. The number of hydrogen-bond acceptors (Lipinski definition) is 2. The second-order valence-electron chi connectivity index (χ2n) is 3.23. The van der Waals surface area contributed by atoms with Crippen LogP contribution in [0.1, 0.15) is 50.1 Å². The van der Waals surface area contributed by atoms with Crippen molar-refractivity contribution in [2.24, 2.45) is 0 Å². The zero-order valence-electron chi connectivity index (χ0n) is 9.50. The van der Waals surface area contributed by atoms with E-state index in [0.29, 0.717) is 6.10 Å². The van der Waals surface area contributed by atoms with Crippen molar-refractivity contribution in [1.29, 1.82) is 0 Å². The van der Waals surface area contributed by atoms with E-state index < -0.39 is 0 Å². The predicted octanol–water partition coefficient (Wildman–Crippen LogP) is 3.40. The highest BCUT2D eigenvalue weighted by Gasteiger charge is 2.21. The third kappa shape index (κ3) is 2.13. The molecule has 0 spiro atoms. The molecule has 0 aromatic carbocycles. The van der Waals surface area contributed by atoms with Crippen LogP contribution in [0.5, 0.6) is 0 Å². The molecule has 1 unspecified atom stereocenters. The minimum absolute atomic E-state index is 0.307. The summed E-state index contributed by atoms with van der Waals surface area (Å²) < 4.78 is 5.59. The van der Waals surface area contributed by atoms with Gasteiger partial charge in [0, 0.05) is 17.5 Å². The van der Waals surface area contributed by atoms with Gasteiger partial charge in [0.2, 0.25) is 0 Å². The highest BCUT2D eigenvalue weighted by molar-refractivity contribution is 5.30. The van der Waals surface area contributed by atoms with Crippen LogP contribution in [0.2, 0.25) is 0 Å². The van der Waals surface area contributed by atoms with Gasteiger partial charge in [-0.3, -0.25) is 4.98 Å². The summed E-state index contributed by atoms with van der Waals surface area (Å²) in [5.41, 5.74) is 3.68. The maximum Gasteiger partial charge on any atom is 0.0831 e. The van der Waals surface area contributed by atoms with Crippen molar-refractivity contribution in [1.82, 2.24) is 4.98 Å². The smallest absolute Gasteiger partial charge is 0.0831 e. The average Bonchev–Trinajstić information content (AvgIpc) is 2.63. The first-order valence-electron chi connectivity index (χ1n) is 5.38. The van der Waals surface area contributed by atoms with Gasteiger partial charge in [-0.2, -0.15) is 0 Å². The van der Waals surface area contributed by atoms with Crippen LogP contribution in [0, 0.1) is 6.92 Å². The Bertz CT molecular complexity index is 296. The Kier molecular flexibility index (Phi) is 4.08. The molecule has 1 aromatic heterocycles. The van der Waals surface area contributed by atoms with Gasteiger partial charge in [-0.15, -0.1) is 0 Å². The molecule has 14 heavy (non-hydrogen) atoms. The van der Waals surface area contributed by atoms with Gasteiger partial charge in [0.1, 0.15) is 0 Å². The molecule has 0 fully saturated rings. The lowest BCUT2D eigenvalue weighted by atomic mass is 10.1. The van der Waals surface area contributed by atoms with E-state index in [1.807, 2.05) is 27.0 Å². The Morgan fingerprint density at radius 1 is 1.50 bits per heavy atom. The van der Waals surface area contributed by atoms with Crippen LogP contribution in [0.25, 0.3) is 0 Å². The minimum atomic E-state index is 0.307. The number of nitrogens with zero attached hydrogens (tertiary/aromatic N) is 1.